The third-order valence-corrected chi connectivity index (χ3v) is 2.60. The normalized spacial score (nSPS) is 9.81. The smallest absolute Gasteiger partial charge is 0.147 e. The van der Waals surface area contributed by atoms with Crippen molar-refractivity contribution in [2.75, 3.05) is 0 Å². The fourth-order valence-electron chi connectivity index (χ4n) is 1.10. The first-order valence-corrected chi connectivity index (χ1v) is 5.87. The van der Waals surface area contributed by atoms with Crippen LogP contribution in [0, 0.1) is 0 Å². The third kappa shape index (κ3) is 5.74. The first-order valence-electron chi connectivity index (χ1n) is 4.27. The molecule has 1 aromatic carbocycles. The van der Waals surface area contributed by atoms with Crippen LogP contribution in [-0.2, 0) is 25.5 Å². The molecular formula is C10H14Cl3FOTi. The quantitative estimate of drug-likeness (QED) is 0.714. The zero-order valence-corrected chi connectivity index (χ0v) is 13.2. The summed E-state index contributed by atoms with van der Waals surface area (Å²) < 4.78 is 17.0. The van der Waals surface area contributed by atoms with Gasteiger partial charge in [-0.15, -0.1) is 24.8 Å². The van der Waals surface area contributed by atoms with Crippen LogP contribution in [0.3, 0.4) is 0 Å². The minimum atomic E-state index is -1.81. The van der Waals surface area contributed by atoms with Crippen LogP contribution in [0.25, 0.3) is 0 Å². The van der Waals surface area contributed by atoms with Crippen molar-refractivity contribution in [3.8, 4) is 5.75 Å². The van der Waals surface area contributed by atoms with Gasteiger partial charge in [-0.05, 0) is 0 Å². The Morgan fingerprint density at radius 2 is 1.75 bits per heavy atom. The molecule has 1 aromatic rings. The SMILES string of the molecule is CC(C)(C)c1cc(Cl)cc([O][Ti][F])c1.Cl.Cl. The summed E-state index contributed by atoms with van der Waals surface area (Å²) in [7, 11) is 0. The van der Waals surface area contributed by atoms with E-state index in [1.165, 1.54) is 0 Å². The molecule has 0 saturated heterocycles. The van der Waals surface area contributed by atoms with Gasteiger partial charge in [0, 0.05) is 0 Å². The van der Waals surface area contributed by atoms with Crippen LogP contribution >= 0.6 is 36.4 Å². The van der Waals surface area contributed by atoms with Crippen LogP contribution in [0.5, 0.6) is 5.75 Å². The summed E-state index contributed by atoms with van der Waals surface area (Å²) in [4.78, 5) is 0. The standard InChI is InChI=1S/C10H13ClO.2ClH.FH.Ti/c1-10(2,3)7-4-8(11)6-9(12)5-7;;;;/h4-6,12H,1-3H3;3*1H;/q;;;;+2/p-2. The largest absolute Gasteiger partial charge is 0.147 e. The number of rotatable bonds is 2. The maximum Gasteiger partial charge on any atom is -0.147 e. The van der Waals surface area contributed by atoms with E-state index in [0.717, 1.165) is 5.56 Å². The molecule has 0 aliphatic heterocycles. The van der Waals surface area contributed by atoms with Gasteiger partial charge in [-0.3, -0.25) is 0 Å². The molecule has 0 saturated carbocycles. The van der Waals surface area contributed by atoms with E-state index in [1.807, 2.05) is 12.1 Å². The van der Waals surface area contributed by atoms with Crippen molar-refractivity contribution >= 4 is 36.4 Å². The van der Waals surface area contributed by atoms with Crippen molar-refractivity contribution in [3.63, 3.8) is 0 Å². The van der Waals surface area contributed by atoms with Gasteiger partial charge >= 0.3 is 98.8 Å². The summed E-state index contributed by atoms with van der Waals surface area (Å²) in [5.74, 6) is 0.532. The molecule has 1 nitrogen and oxygen atoms in total. The average Bonchev–Trinajstić information content (AvgIpc) is 2.02. The average molecular weight is 323 g/mol. The first-order chi connectivity index (χ1) is 6.43. The van der Waals surface area contributed by atoms with Gasteiger partial charge in [0.2, 0.25) is 0 Å². The minimum absolute atomic E-state index is 0. The fourth-order valence-corrected chi connectivity index (χ4v) is 1.65. The van der Waals surface area contributed by atoms with Crippen LogP contribution in [0.15, 0.2) is 18.2 Å². The Morgan fingerprint density at radius 1 is 1.19 bits per heavy atom. The Balaban J connectivity index is 0. The minimum Gasteiger partial charge on any atom is -0.147 e. The van der Waals surface area contributed by atoms with E-state index < -0.39 is 20.1 Å². The van der Waals surface area contributed by atoms with Crippen LogP contribution in [0.4, 0.5) is 3.09 Å². The Hall–Kier alpha value is 0.534. The fraction of sp³-hybridized carbons (Fsp3) is 0.400. The number of hydrogen-bond donors (Lipinski definition) is 0. The maximum absolute atomic E-state index is 12.1. The molecular weight excluding hydrogens is 309 g/mol. The molecule has 92 valence electrons. The van der Waals surface area contributed by atoms with E-state index in [4.69, 9.17) is 14.9 Å². The van der Waals surface area contributed by atoms with E-state index in [0.29, 0.717) is 10.8 Å². The van der Waals surface area contributed by atoms with Crippen molar-refractivity contribution in [1.29, 1.82) is 0 Å². The van der Waals surface area contributed by atoms with Gasteiger partial charge in [0.1, 0.15) is 0 Å². The molecule has 0 heterocycles. The summed E-state index contributed by atoms with van der Waals surface area (Å²) in [5, 5.41) is 0.590. The molecule has 0 aliphatic carbocycles. The van der Waals surface area contributed by atoms with E-state index in [1.54, 1.807) is 6.07 Å². The van der Waals surface area contributed by atoms with Crippen molar-refractivity contribution in [3.05, 3.63) is 28.8 Å². The number of halogens is 4. The molecule has 6 heteroatoms. The zero-order chi connectivity index (χ0) is 10.8. The Bertz CT molecular complexity index is 328. The van der Waals surface area contributed by atoms with Crippen molar-refractivity contribution in [2.24, 2.45) is 0 Å². The van der Waals surface area contributed by atoms with Gasteiger partial charge in [0.25, 0.3) is 0 Å². The molecule has 16 heavy (non-hydrogen) atoms. The van der Waals surface area contributed by atoms with Gasteiger partial charge in [0.05, 0.1) is 0 Å². The van der Waals surface area contributed by atoms with E-state index in [9.17, 15) is 3.09 Å². The maximum atomic E-state index is 12.1. The Kier molecular flexibility index (Phi) is 9.19. The summed E-state index contributed by atoms with van der Waals surface area (Å²) in [6.07, 6.45) is 0. The van der Waals surface area contributed by atoms with Crippen molar-refractivity contribution < 1.29 is 26.5 Å². The van der Waals surface area contributed by atoms with Gasteiger partial charge in [-0.2, -0.15) is 0 Å². The van der Waals surface area contributed by atoms with Crippen LogP contribution in [-0.4, -0.2) is 0 Å². The molecule has 0 aliphatic rings. The van der Waals surface area contributed by atoms with Crippen molar-refractivity contribution in [2.45, 2.75) is 26.2 Å². The molecule has 0 atom stereocenters. The monoisotopic (exact) mass is 322 g/mol. The van der Waals surface area contributed by atoms with Crippen LogP contribution in [0.2, 0.25) is 5.02 Å². The number of benzene rings is 1. The molecule has 1 rings (SSSR count). The molecule has 0 fully saturated rings. The summed E-state index contributed by atoms with van der Waals surface area (Å²) >= 11 is 4.09. The van der Waals surface area contributed by atoms with E-state index in [-0.39, 0.29) is 30.2 Å². The second kappa shape index (κ2) is 7.78. The van der Waals surface area contributed by atoms with Gasteiger partial charge in [-0.1, -0.05) is 0 Å². The summed E-state index contributed by atoms with van der Waals surface area (Å²) in [5.41, 5.74) is 1.05. The molecule has 0 amide bonds. The molecule has 0 spiro atoms. The second-order valence-corrected chi connectivity index (χ2v) is 5.10. The predicted molar refractivity (Wildman–Crippen MR) is 66.4 cm³/mol. The second-order valence-electron chi connectivity index (χ2n) is 4.10. The first kappa shape index (κ1) is 18.9. The zero-order valence-electron chi connectivity index (χ0n) is 9.21. The summed E-state index contributed by atoms with van der Waals surface area (Å²) in [6, 6.07) is 5.36. The van der Waals surface area contributed by atoms with Crippen molar-refractivity contribution in [1.82, 2.24) is 0 Å². The van der Waals surface area contributed by atoms with Gasteiger partial charge < -0.3 is 0 Å². The van der Waals surface area contributed by atoms with E-state index >= 15 is 0 Å². The van der Waals surface area contributed by atoms with Gasteiger partial charge in [0.15, 0.2) is 0 Å². The predicted octanol–water partition coefficient (Wildman–Crippen LogP) is 4.74. The third-order valence-electron chi connectivity index (χ3n) is 1.89. The Morgan fingerprint density at radius 3 is 2.19 bits per heavy atom. The topological polar surface area (TPSA) is 9.23 Å². The van der Waals surface area contributed by atoms with Crippen LogP contribution < -0.4 is 3.32 Å². The molecule has 0 radical (unpaired) electrons. The summed E-state index contributed by atoms with van der Waals surface area (Å²) in [6.45, 7) is 6.23. The van der Waals surface area contributed by atoms with E-state index in [2.05, 4.69) is 20.8 Å². The molecule has 0 unspecified atom stereocenters. The van der Waals surface area contributed by atoms with Gasteiger partial charge in [-0.25, -0.2) is 0 Å². The Labute approximate surface area is 123 Å². The molecule has 0 bridgehead atoms. The molecule has 0 aromatic heterocycles. The molecule has 0 N–H and O–H groups in total. The number of hydrogen-bond acceptors (Lipinski definition) is 1. The van der Waals surface area contributed by atoms with Crippen LogP contribution in [0.1, 0.15) is 26.3 Å².